The second kappa shape index (κ2) is 8.34. The van der Waals surface area contributed by atoms with Gasteiger partial charge in [0, 0.05) is 55.8 Å². The van der Waals surface area contributed by atoms with Crippen LogP contribution < -0.4 is 0 Å². The highest BCUT2D eigenvalue weighted by molar-refractivity contribution is 7.19. The summed E-state index contributed by atoms with van der Waals surface area (Å²) in [6.45, 7) is 5.69. The summed E-state index contributed by atoms with van der Waals surface area (Å²) in [6.07, 6.45) is 1.43. The van der Waals surface area contributed by atoms with E-state index < -0.39 is 4.92 Å². The Morgan fingerprint density at radius 1 is 1.23 bits per heavy atom. The Kier molecular flexibility index (Phi) is 5.59. The fourth-order valence-corrected chi connectivity index (χ4v) is 4.59. The van der Waals surface area contributed by atoms with E-state index in [4.69, 9.17) is 4.74 Å². The van der Waals surface area contributed by atoms with Crippen molar-refractivity contribution in [3.63, 3.8) is 0 Å². The molecule has 2 aromatic heterocycles. The number of carbonyl (C=O) groups excluding carboxylic acids is 2. The molecule has 0 unspecified atom stereocenters. The van der Waals surface area contributed by atoms with Gasteiger partial charge in [-0.25, -0.2) is 9.78 Å². The summed E-state index contributed by atoms with van der Waals surface area (Å²) in [5.41, 5.74) is 2.03. The largest absolute Gasteiger partial charge is 0.450 e. The molecule has 0 aliphatic carbocycles. The molecule has 0 N–H and O–H groups in total. The molecule has 3 aromatic rings. The van der Waals surface area contributed by atoms with Crippen molar-refractivity contribution in [2.75, 3.05) is 32.8 Å². The first-order valence-electron chi connectivity index (χ1n) is 9.83. The quantitative estimate of drug-likeness (QED) is 0.452. The fraction of sp³-hybridized carbons (Fsp3) is 0.350. The van der Waals surface area contributed by atoms with Gasteiger partial charge >= 0.3 is 6.09 Å². The van der Waals surface area contributed by atoms with Crippen LogP contribution in [-0.2, 0) is 4.74 Å². The number of ether oxygens (including phenoxy) is 1. The van der Waals surface area contributed by atoms with Crippen molar-refractivity contribution in [1.29, 1.82) is 0 Å². The first kappa shape index (κ1) is 20.8. The van der Waals surface area contributed by atoms with Gasteiger partial charge in [0.05, 0.1) is 17.2 Å². The van der Waals surface area contributed by atoms with Gasteiger partial charge in [-0.05, 0) is 13.8 Å². The molecule has 0 atom stereocenters. The third-order valence-electron chi connectivity index (χ3n) is 5.20. The molecular weight excluding hydrogens is 422 g/mol. The zero-order valence-corrected chi connectivity index (χ0v) is 17.9. The molecule has 4 rings (SSSR count). The lowest BCUT2D eigenvalue weighted by Gasteiger charge is -2.33. The maximum absolute atomic E-state index is 13.1. The molecule has 1 saturated heterocycles. The van der Waals surface area contributed by atoms with Crippen LogP contribution >= 0.6 is 11.3 Å². The number of nitro benzene ring substituents is 1. The number of imidazole rings is 1. The first-order valence-corrected chi connectivity index (χ1v) is 10.6. The molecule has 0 radical (unpaired) electrons. The van der Waals surface area contributed by atoms with Gasteiger partial charge in [-0.3, -0.25) is 19.3 Å². The van der Waals surface area contributed by atoms with Gasteiger partial charge in [-0.2, -0.15) is 0 Å². The third-order valence-corrected chi connectivity index (χ3v) is 6.34. The zero-order chi connectivity index (χ0) is 22.1. The number of fused-ring (bicyclic) bond motifs is 1. The molecule has 0 bridgehead atoms. The monoisotopic (exact) mass is 443 g/mol. The van der Waals surface area contributed by atoms with Gasteiger partial charge < -0.3 is 14.5 Å². The van der Waals surface area contributed by atoms with E-state index in [1.54, 1.807) is 35.1 Å². The number of nitro groups is 1. The van der Waals surface area contributed by atoms with Crippen LogP contribution in [0.1, 0.15) is 22.3 Å². The normalized spacial score (nSPS) is 14.1. The summed E-state index contributed by atoms with van der Waals surface area (Å²) in [6, 6.07) is 6.31. The summed E-state index contributed by atoms with van der Waals surface area (Å²) in [4.78, 5) is 44.6. The molecule has 10 nitrogen and oxygen atoms in total. The van der Waals surface area contributed by atoms with Gasteiger partial charge in [0.1, 0.15) is 4.88 Å². The maximum atomic E-state index is 13.1. The second-order valence-corrected chi connectivity index (χ2v) is 8.06. The van der Waals surface area contributed by atoms with Crippen molar-refractivity contribution in [2.45, 2.75) is 13.8 Å². The van der Waals surface area contributed by atoms with Crippen LogP contribution in [0.15, 0.2) is 30.5 Å². The number of carbonyl (C=O) groups is 2. The van der Waals surface area contributed by atoms with Gasteiger partial charge in [-0.15, -0.1) is 0 Å². The van der Waals surface area contributed by atoms with Gasteiger partial charge in [-0.1, -0.05) is 23.5 Å². The highest BCUT2D eigenvalue weighted by Crippen LogP contribution is 2.29. The lowest BCUT2D eigenvalue weighted by atomic mass is 10.1. The minimum Gasteiger partial charge on any atom is -0.450 e. The minimum absolute atomic E-state index is 0.00315. The van der Waals surface area contributed by atoms with Crippen molar-refractivity contribution in [1.82, 2.24) is 19.2 Å². The van der Waals surface area contributed by atoms with Gasteiger partial charge in [0.15, 0.2) is 4.96 Å². The molecule has 11 heteroatoms. The summed E-state index contributed by atoms with van der Waals surface area (Å²) in [5.74, 6) is -0.0894. The van der Waals surface area contributed by atoms with E-state index >= 15 is 0 Å². The summed E-state index contributed by atoms with van der Waals surface area (Å²) in [7, 11) is 0. The number of hydrogen-bond acceptors (Lipinski definition) is 7. The van der Waals surface area contributed by atoms with E-state index in [1.165, 1.54) is 23.5 Å². The van der Waals surface area contributed by atoms with Gasteiger partial charge in [0.2, 0.25) is 0 Å². The molecule has 31 heavy (non-hydrogen) atoms. The second-order valence-electron chi connectivity index (χ2n) is 7.08. The van der Waals surface area contributed by atoms with Crippen molar-refractivity contribution < 1.29 is 19.2 Å². The van der Waals surface area contributed by atoms with Crippen LogP contribution in [-0.4, -0.2) is 68.9 Å². The molecule has 1 aromatic carbocycles. The minimum atomic E-state index is -0.439. The molecule has 162 valence electrons. The first-order chi connectivity index (χ1) is 14.9. The predicted molar refractivity (Wildman–Crippen MR) is 114 cm³/mol. The van der Waals surface area contributed by atoms with E-state index in [0.29, 0.717) is 53.9 Å². The predicted octanol–water partition coefficient (Wildman–Crippen LogP) is 3.19. The highest BCUT2D eigenvalue weighted by Gasteiger charge is 2.28. The lowest BCUT2D eigenvalue weighted by Crippen LogP contribution is -2.50. The third kappa shape index (κ3) is 3.96. The smallest absolute Gasteiger partial charge is 0.409 e. The Morgan fingerprint density at radius 2 is 1.94 bits per heavy atom. The summed E-state index contributed by atoms with van der Waals surface area (Å²) >= 11 is 1.29. The van der Waals surface area contributed by atoms with E-state index in [-0.39, 0.29) is 17.7 Å². The van der Waals surface area contributed by atoms with E-state index in [1.807, 2.05) is 11.3 Å². The van der Waals surface area contributed by atoms with E-state index in [9.17, 15) is 19.7 Å². The molecule has 2 amide bonds. The van der Waals surface area contributed by atoms with Crippen molar-refractivity contribution >= 4 is 34.0 Å². The topological polar surface area (TPSA) is 110 Å². The van der Waals surface area contributed by atoms with Crippen LogP contribution in [0.3, 0.4) is 0 Å². The Bertz CT molecular complexity index is 1160. The molecule has 0 spiro atoms. The number of aryl methyl sites for hydroxylation is 1. The van der Waals surface area contributed by atoms with E-state index in [2.05, 4.69) is 4.98 Å². The van der Waals surface area contributed by atoms with Crippen LogP contribution in [0, 0.1) is 17.0 Å². The molecule has 1 aliphatic heterocycles. The van der Waals surface area contributed by atoms with Crippen LogP contribution in [0.5, 0.6) is 0 Å². The molecule has 3 heterocycles. The number of rotatable bonds is 4. The molecular formula is C20H21N5O5S. The Hall–Kier alpha value is -3.47. The summed E-state index contributed by atoms with van der Waals surface area (Å²) in [5, 5.41) is 11.0. The van der Waals surface area contributed by atoms with Crippen LogP contribution in [0.2, 0.25) is 0 Å². The average molecular weight is 443 g/mol. The van der Waals surface area contributed by atoms with Crippen molar-refractivity contribution in [2.24, 2.45) is 0 Å². The standard InChI is InChI=1S/C20H21N5O5S/c1-3-30-20(27)23-9-7-22(8-10-23)18(26)17-13(2)24-12-16(21-19(24)31-17)14-5-4-6-15(11-14)25(28)29/h4-6,11-12H,3,7-10H2,1-2H3. The number of piperazine rings is 1. The SMILES string of the molecule is CCOC(=O)N1CCN(C(=O)c2sc3nc(-c4cccc([N+](=O)[O-])c4)cn3c2C)CC1. The number of hydrogen-bond donors (Lipinski definition) is 0. The highest BCUT2D eigenvalue weighted by atomic mass is 32.1. The van der Waals surface area contributed by atoms with Crippen LogP contribution in [0.4, 0.5) is 10.5 Å². The van der Waals surface area contributed by atoms with Gasteiger partial charge in [0.25, 0.3) is 11.6 Å². The average Bonchev–Trinajstić information content (AvgIpc) is 3.33. The maximum Gasteiger partial charge on any atom is 0.409 e. The summed E-state index contributed by atoms with van der Waals surface area (Å²) < 4.78 is 6.85. The molecule has 0 saturated carbocycles. The van der Waals surface area contributed by atoms with Crippen molar-refractivity contribution in [3.05, 3.63) is 51.1 Å². The van der Waals surface area contributed by atoms with Crippen molar-refractivity contribution in [3.8, 4) is 11.3 Å². The molecule has 1 aliphatic rings. The number of amides is 2. The Morgan fingerprint density at radius 3 is 2.58 bits per heavy atom. The number of non-ortho nitro benzene ring substituents is 1. The Balaban J connectivity index is 1.52. The number of thiazole rings is 1. The number of nitrogens with zero attached hydrogens (tertiary/aromatic N) is 5. The Labute approximate surface area is 181 Å². The number of aromatic nitrogens is 2. The number of benzene rings is 1. The van der Waals surface area contributed by atoms with Crippen LogP contribution in [0.25, 0.3) is 16.2 Å². The fourth-order valence-electron chi connectivity index (χ4n) is 3.52. The molecule has 1 fully saturated rings. The zero-order valence-electron chi connectivity index (χ0n) is 17.1. The lowest BCUT2D eigenvalue weighted by molar-refractivity contribution is -0.384. The van der Waals surface area contributed by atoms with E-state index in [0.717, 1.165) is 5.69 Å².